The molecule has 0 saturated heterocycles. The number of halogens is 1. The topological polar surface area (TPSA) is 88.1 Å². The second-order valence-electron chi connectivity index (χ2n) is 9.05. The third-order valence-electron chi connectivity index (χ3n) is 5.29. The van der Waals surface area contributed by atoms with Crippen LogP contribution in [0.25, 0.3) is 11.1 Å². The van der Waals surface area contributed by atoms with Crippen LogP contribution in [0.15, 0.2) is 78.9 Å². The van der Waals surface area contributed by atoms with Gasteiger partial charge in [0.15, 0.2) is 0 Å². The van der Waals surface area contributed by atoms with Gasteiger partial charge in [-0.3, -0.25) is 0 Å². The average molecular weight is 521 g/mol. The first-order valence-corrected chi connectivity index (χ1v) is 11.8. The van der Waals surface area contributed by atoms with Crippen molar-refractivity contribution in [3.8, 4) is 28.4 Å². The van der Waals surface area contributed by atoms with Gasteiger partial charge in [-0.1, -0.05) is 30.8 Å². The second kappa shape index (κ2) is 12.2. The highest BCUT2D eigenvalue weighted by Gasteiger charge is 2.29. The Morgan fingerprint density at radius 1 is 0.842 bits per heavy atom. The summed E-state index contributed by atoms with van der Waals surface area (Å²) in [7, 11) is 0. The summed E-state index contributed by atoms with van der Waals surface area (Å²) in [6.45, 7) is 9.34. The van der Waals surface area contributed by atoms with E-state index in [1.165, 1.54) is 18.2 Å². The third kappa shape index (κ3) is 7.77. The molecule has 3 aromatic rings. The van der Waals surface area contributed by atoms with Gasteiger partial charge < -0.3 is 18.9 Å². The molecule has 0 fully saturated rings. The summed E-state index contributed by atoms with van der Waals surface area (Å²) < 4.78 is 34.8. The Bertz CT molecular complexity index is 1320. The smallest absolute Gasteiger partial charge is 0.348 e. The Morgan fingerprint density at radius 2 is 1.42 bits per heavy atom. The molecule has 0 amide bonds. The van der Waals surface area contributed by atoms with Crippen LogP contribution in [-0.2, 0) is 14.3 Å². The molecular weight excluding hydrogens is 491 g/mol. The van der Waals surface area contributed by atoms with Crippen LogP contribution in [-0.4, -0.2) is 36.8 Å². The summed E-state index contributed by atoms with van der Waals surface area (Å²) in [5.41, 5.74) is 0.891. The maximum Gasteiger partial charge on any atom is 0.348 e. The first kappa shape index (κ1) is 28.1. The van der Waals surface area contributed by atoms with Crippen LogP contribution in [0.1, 0.15) is 36.7 Å². The summed E-state index contributed by atoms with van der Waals surface area (Å²) >= 11 is 0. The summed E-state index contributed by atoms with van der Waals surface area (Å²) in [4.78, 5) is 35.7. The molecule has 0 aliphatic rings. The minimum absolute atomic E-state index is 0.125. The van der Waals surface area contributed by atoms with E-state index in [4.69, 9.17) is 18.9 Å². The molecule has 8 heteroatoms. The summed E-state index contributed by atoms with van der Waals surface area (Å²) in [6.07, 6.45) is 0. The fraction of sp³-hybridized carbons (Fsp3) is 0.233. The maximum absolute atomic E-state index is 13.7. The molecule has 0 unspecified atom stereocenters. The van der Waals surface area contributed by atoms with Gasteiger partial charge in [-0.25, -0.2) is 18.8 Å². The number of alkyl halides is 1. The highest BCUT2D eigenvalue weighted by atomic mass is 19.1. The van der Waals surface area contributed by atoms with Gasteiger partial charge in [0.25, 0.3) is 0 Å². The van der Waals surface area contributed by atoms with Crippen molar-refractivity contribution in [2.45, 2.75) is 33.4 Å². The van der Waals surface area contributed by atoms with Gasteiger partial charge >= 0.3 is 17.9 Å². The van der Waals surface area contributed by atoms with E-state index in [-0.39, 0.29) is 24.7 Å². The number of benzene rings is 3. The highest BCUT2D eigenvalue weighted by Crippen LogP contribution is 2.27. The standard InChI is InChI=1S/C30H29FO7/c1-19(2)27(32)36-17-16-35-24-12-10-22(11-13-24)21-6-8-23(9-7-21)28(33)37-25-14-15-26(20(3)18-25)38-29(34)30(4,5)31/h6-15,18H,1,16-17H2,2-5H3. The number of aryl methyl sites for hydroxylation is 1. The minimum Gasteiger partial charge on any atom is -0.490 e. The summed E-state index contributed by atoms with van der Waals surface area (Å²) in [5.74, 6) is -0.931. The average Bonchev–Trinajstić information content (AvgIpc) is 2.87. The highest BCUT2D eigenvalue weighted by molar-refractivity contribution is 5.91. The molecule has 3 rings (SSSR count). The number of hydrogen-bond donors (Lipinski definition) is 0. The number of rotatable bonds is 10. The molecule has 0 spiro atoms. The van der Waals surface area contributed by atoms with Crippen LogP contribution in [0.4, 0.5) is 4.39 Å². The fourth-order valence-corrected chi connectivity index (χ4v) is 3.15. The van der Waals surface area contributed by atoms with Crippen molar-refractivity contribution in [3.63, 3.8) is 0 Å². The van der Waals surface area contributed by atoms with Crippen LogP contribution in [0.5, 0.6) is 17.2 Å². The zero-order valence-corrected chi connectivity index (χ0v) is 21.7. The van der Waals surface area contributed by atoms with Crippen LogP contribution >= 0.6 is 0 Å². The first-order valence-electron chi connectivity index (χ1n) is 11.8. The largest absolute Gasteiger partial charge is 0.490 e. The predicted octanol–water partition coefficient (Wildman–Crippen LogP) is 6.03. The quantitative estimate of drug-likeness (QED) is 0.140. The van der Waals surface area contributed by atoms with Gasteiger partial charge in [0.2, 0.25) is 5.67 Å². The van der Waals surface area contributed by atoms with Gasteiger partial charge in [-0.05, 0) is 86.8 Å². The molecule has 0 bridgehead atoms. The number of carbonyl (C=O) groups excluding carboxylic acids is 3. The molecule has 38 heavy (non-hydrogen) atoms. The molecule has 0 N–H and O–H groups in total. The van der Waals surface area contributed by atoms with Crippen molar-refractivity contribution >= 4 is 17.9 Å². The van der Waals surface area contributed by atoms with E-state index in [2.05, 4.69) is 6.58 Å². The van der Waals surface area contributed by atoms with Gasteiger partial charge in [-0.2, -0.15) is 0 Å². The lowest BCUT2D eigenvalue weighted by Crippen LogP contribution is -2.30. The molecule has 0 heterocycles. The lowest BCUT2D eigenvalue weighted by Gasteiger charge is -2.14. The lowest BCUT2D eigenvalue weighted by atomic mass is 10.0. The van der Waals surface area contributed by atoms with Crippen LogP contribution < -0.4 is 14.2 Å². The monoisotopic (exact) mass is 520 g/mol. The molecule has 198 valence electrons. The number of esters is 3. The van der Waals surface area contributed by atoms with Crippen molar-refractivity contribution < 1.29 is 37.7 Å². The molecule has 7 nitrogen and oxygen atoms in total. The third-order valence-corrected chi connectivity index (χ3v) is 5.29. The van der Waals surface area contributed by atoms with Gasteiger partial charge in [0, 0.05) is 5.57 Å². The first-order chi connectivity index (χ1) is 17.9. The van der Waals surface area contributed by atoms with E-state index in [9.17, 15) is 18.8 Å². The molecule has 0 aromatic heterocycles. The second-order valence-corrected chi connectivity index (χ2v) is 9.05. The van der Waals surface area contributed by atoms with Crippen molar-refractivity contribution in [1.29, 1.82) is 0 Å². The van der Waals surface area contributed by atoms with Crippen molar-refractivity contribution in [1.82, 2.24) is 0 Å². The Labute approximate surface area is 220 Å². The number of ether oxygens (including phenoxy) is 4. The molecule has 3 aromatic carbocycles. The van der Waals surface area contributed by atoms with Crippen LogP contribution in [0.2, 0.25) is 0 Å². The molecule has 0 saturated carbocycles. The van der Waals surface area contributed by atoms with Gasteiger partial charge in [-0.15, -0.1) is 0 Å². The predicted molar refractivity (Wildman–Crippen MR) is 140 cm³/mol. The molecule has 0 aliphatic heterocycles. The lowest BCUT2D eigenvalue weighted by molar-refractivity contribution is -0.145. The Hall–Kier alpha value is -4.46. The zero-order valence-electron chi connectivity index (χ0n) is 21.7. The molecule has 0 radical (unpaired) electrons. The maximum atomic E-state index is 13.7. The van der Waals surface area contributed by atoms with E-state index >= 15 is 0 Å². The Balaban J connectivity index is 1.56. The normalized spacial score (nSPS) is 10.9. The number of hydrogen-bond acceptors (Lipinski definition) is 7. The van der Waals surface area contributed by atoms with Crippen LogP contribution in [0.3, 0.4) is 0 Å². The minimum atomic E-state index is -2.12. The Morgan fingerprint density at radius 3 is 1.97 bits per heavy atom. The molecule has 0 aliphatic carbocycles. The zero-order chi connectivity index (χ0) is 27.9. The van der Waals surface area contributed by atoms with E-state index in [1.54, 1.807) is 50.2 Å². The van der Waals surface area contributed by atoms with Crippen LogP contribution in [0, 0.1) is 6.92 Å². The van der Waals surface area contributed by atoms with Crippen molar-refractivity contribution in [2.24, 2.45) is 0 Å². The van der Waals surface area contributed by atoms with Crippen molar-refractivity contribution in [3.05, 3.63) is 90.0 Å². The van der Waals surface area contributed by atoms with E-state index in [0.717, 1.165) is 25.0 Å². The van der Waals surface area contributed by atoms with Gasteiger partial charge in [0.05, 0.1) is 5.56 Å². The van der Waals surface area contributed by atoms with E-state index in [0.29, 0.717) is 22.4 Å². The molecular formula is C30H29FO7. The summed E-state index contributed by atoms with van der Waals surface area (Å²) in [6, 6.07) is 18.7. The SMILES string of the molecule is C=C(C)C(=O)OCCOc1ccc(-c2ccc(C(=O)Oc3ccc(OC(=O)C(C)(C)F)c(C)c3)cc2)cc1. The van der Waals surface area contributed by atoms with Gasteiger partial charge in [0.1, 0.15) is 30.5 Å². The Kier molecular flexibility index (Phi) is 9.02. The number of carbonyl (C=O) groups is 3. The van der Waals surface area contributed by atoms with Crippen molar-refractivity contribution in [2.75, 3.05) is 13.2 Å². The van der Waals surface area contributed by atoms with E-state index < -0.39 is 23.6 Å². The fourth-order valence-electron chi connectivity index (χ4n) is 3.15. The summed E-state index contributed by atoms with van der Waals surface area (Å²) in [5, 5.41) is 0. The molecule has 0 atom stereocenters. The van der Waals surface area contributed by atoms with E-state index in [1.807, 2.05) is 12.1 Å².